The summed E-state index contributed by atoms with van der Waals surface area (Å²) in [6, 6.07) is 13.5. The molecule has 8 nitrogen and oxygen atoms in total. The highest BCUT2D eigenvalue weighted by molar-refractivity contribution is 8.01. The summed E-state index contributed by atoms with van der Waals surface area (Å²) in [4.78, 5) is 29.3. The van der Waals surface area contributed by atoms with Gasteiger partial charge in [0.1, 0.15) is 0 Å². The van der Waals surface area contributed by atoms with Crippen molar-refractivity contribution in [2.75, 3.05) is 15.4 Å². The average Bonchev–Trinajstić information content (AvgIpc) is 3.18. The molecule has 2 amide bonds. The molecule has 2 aromatic carbocycles. The highest BCUT2D eigenvalue weighted by Crippen LogP contribution is 2.36. The topological polar surface area (TPSA) is 117 Å². The number of para-hydroxylation sites is 1. The van der Waals surface area contributed by atoms with E-state index in [-0.39, 0.29) is 20.5 Å². The minimum absolute atomic E-state index is 0.0234. The summed E-state index contributed by atoms with van der Waals surface area (Å²) in [5.74, 6) is -0.573. The van der Waals surface area contributed by atoms with E-state index in [2.05, 4.69) is 20.3 Å². The van der Waals surface area contributed by atoms with Crippen LogP contribution in [0.5, 0.6) is 0 Å². The van der Waals surface area contributed by atoms with Crippen molar-refractivity contribution >= 4 is 61.4 Å². The van der Waals surface area contributed by atoms with Gasteiger partial charge in [-0.25, -0.2) is 13.4 Å². The molecule has 30 heavy (non-hydrogen) atoms. The molecule has 1 aromatic heterocycles. The number of sulfonamides is 1. The first-order chi connectivity index (χ1) is 14.3. The standard InChI is InChI=1S/C19H16N4O4S3/c1-11-17(24)21-14-9-12(7-8-15(14)28-11)18(25)22-19-20-10-16(29-19)30(26,27)23-13-5-3-2-4-6-13/h2-11,23H,1H3,(H,21,24)(H,20,22,25). The van der Waals surface area contributed by atoms with Crippen LogP contribution in [0.3, 0.4) is 0 Å². The second-order valence-corrected chi connectivity index (χ2v) is 10.7. The Balaban J connectivity index is 1.48. The lowest BCUT2D eigenvalue weighted by atomic mass is 10.2. The lowest BCUT2D eigenvalue weighted by molar-refractivity contribution is -0.115. The number of nitrogens with one attached hydrogen (secondary N) is 3. The first kappa shape index (κ1) is 20.4. The molecule has 0 aliphatic carbocycles. The number of anilines is 3. The van der Waals surface area contributed by atoms with Crippen LogP contribution in [-0.4, -0.2) is 30.5 Å². The molecule has 0 fully saturated rings. The Morgan fingerprint density at radius 1 is 1.17 bits per heavy atom. The van der Waals surface area contributed by atoms with Crippen LogP contribution in [0.4, 0.5) is 16.5 Å². The quantitative estimate of drug-likeness (QED) is 0.535. The van der Waals surface area contributed by atoms with Crippen molar-refractivity contribution in [3.05, 3.63) is 60.3 Å². The van der Waals surface area contributed by atoms with Gasteiger partial charge in [-0.1, -0.05) is 29.5 Å². The van der Waals surface area contributed by atoms with E-state index in [0.29, 0.717) is 16.9 Å². The summed E-state index contributed by atoms with van der Waals surface area (Å²) in [7, 11) is -3.81. The Labute approximate surface area is 181 Å². The van der Waals surface area contributed by atoms with Gasteiger partial charge in [-0.2, -0.15) is 0 Å². The Morgan fingerprint density at radius 2 is 1.93 bits per heavy atom. The van der Waals surface area contributed by atoms with E-state index < -0.39 is 15.9 Å². The van der Waals surface area contributed by atoms with Crippen molar-refractivity contribution in [2.24, 2.45) is 0 Å². The summed E-state index contributed by atoms with van der Waals surface area (Å²) in [5, 5.41) is 5.33. The molecular weight excluding hydrogens is 444 g/mol. The molecule has 2 heterocycles. The molecule has 11 heteroatoms. The number of thioether (sulfide) groups is 1. The van der Waals surface area contributed by atoms with Crippen molar-refractivity contribution in [3.63, 3.8) is 0 Å². The number of benzene rings is 2. The zero-order valence-electron chi connectivity index (χ0n) is 15.6. The van der Waals surface area contributed by atoms with Crippen LogP contribution in [0.2, 0.25) is 0 Å². The predicted molar refractivity (Wildman–Crippen MR) is 118 cm³/mol. The molecule has 1 aliphatic rings. The first-order valence-corrected chi connectivity index (χ1v) is 12.0. The fourth-order valence-corrected chi connectivity index (χ4v) is 5.69. The number of hydrogen-bond donors (Lipinski definition) is 3. The zero-order valence-corrected chi connectivity index (χ0v) is 18.0. The van der Waals surface area contributed by atoms with Gasteiger partial charge >= 0.3 is 0 Å². The Morgan fingerprint density at radius 3 is 2.70 bits per heavy atom. The Kier molecular flexibility index (Phi) is 5.50. The maximum absolute atomic E-state index is 12.6. The number of rotatable bonds is 5. The van der Waals surface area contributed by atoms with E-state index in [9.17, 15) is 18.0 Å². The molecule has 1 aliphatic heterocycles. The molecule has 1 atom stereocenters. The number of fused-ring (bicyclic) bond motifs is 1. The highest BCUT2D eigenvalue weighted by Gasteiger charge is 2.24. The number of amides is 2. The van der Waals surface area contributed by atoms with Gasteiger partial charge in [0.15, 0.2) is 9.34 Å². The van der Waals surface area contributed by atoms with Crippen LogP contribution in [0.15, 0.2) is 63.8 Å². The maximum Gasteiger partial charge on any atom is 0.273 e. The van der Waals surface area contributed by atoms with Gasteiger partial charge < -0.3 is 5.32 Å². The normalized spacial score (nSPS) is 15.8. The molecule has 3 N–H and O–H groups in total. The molecule has 3 aromatic rings. The van der Waals surface area contributed by atoms with Gasteiger partial charge in [0.05, 0.1) is 17.1 Å². The number of aromatic nitrogens is 1. The third-order valence-corrected chi connectivity index (χ3v) is 8.10. The van der Waals surface area contributed by atoms with Crippen molar-refractivity contribution in [1.82, 2.24) is 4.98 Å². The van der Waals surface area contributed by atoms with Crippen LogP contribution < -0.4 is 15.4 Å². The molecular formula is C19H16N4O4S3. The SMILES string of the molecule is CC1Sc2ccc(C(=O)Nc3ncc(S(=O)(=O)Nc4ccccc4)s3)cc2NC1=O. The van der Waals surface area contributed by atoms with E-state index in [1.807, 2.05) is 6.92 Å². The van der Waals surface area contributed by atoms with E-state index >= 15 is 0 Å². The Bertz CT molecular complexity index is 1230. The minimum atomic E-state index is -3.81. The molecule has 0 saturated heterocycles. The largest absolute Gasteiger partial charge is 0.324 e. The second kappa shape index (κ2) is 8.09. The smallest absolute Gasteiger partial charge is 0.273 e. The van der Waals surface area contributed by atoms with Crippen molar-refractivity contribution in [3.8, 4) is 0 Å². The lowest BCUT2D eigenvalue weighted by Gasteiger charge is -2.21. The van der Waals surface area contributed by atoms with E-state index in [0.717, 1.165) is 16.2 Å². The molecule has 0 radical (unpaired) electrons. The van der Waals surface area contributed by atoms with Crippen molar-refractivity contribution in [1.29, 1.82) is 0 Å². The number of hydrogen-bond acceptors (Lipinski definition) is 7. The van der Waals surface area contributed by atoms with Crippen LogP contribution in [0, 0.1) is 0 Å². The molecule has 4 rings (SSSR count). The third kappa shape index (κ3) is 4.32. The van der Waals surface area contributed by atoms with Crippen LogP contribution in [-0.2, 0) is 14.8 Å². The summed E-state index contributed by atoms with van der Waals surface area (Å²) >= 11 is 2.27. The fraction of sp³-hybridized carbons (Fsp3) is 0.105. The minimum Gasteiger partial charge on any atom is -0.324 e. The molecule has 0 saturated carbocycles. The summed E-state index contributed by atoms with van der Waals surface area (Å²) in [6.45, 7) is 1.81. The number of carbonyl (C=O) groups excluding carboxylic acids is 2. The van der Waals surface area contributed by atoms with Gasteiger partial charge in [0, 0.05) is 16.1 Å². The van der Waals surface area contributed by atoms with Gasteiger partial charge in [-0.3, -0.25) is 19.6 Å². The molecule has 1 unspecified atom stereocenters. The van der Waals surface area contributed by atoms with Gasteiger partial charge in [0.2, 0.25) is 5.91 Å². The van der Waals surface area contributed by atoms with Crippen LogP contribution in [0.1, 0.15) is 17.3 Å². The average molecular weight is 461 g/mol. The lowest BCUT2D eigenvalue weighted by Crippen LogP contribution is -2.26. The highest BCUT2D eigenvalue weighted by atomic mass is 32.2. The monoisotopic (exact) mass is 460 g/mol. The second-order valence-electron chi connectivity index (χ2n) is 6.37. The number of carbonyl (C=O) groups is 2. The summed E-state index contributed by atoms with van der Waals surface area (Å²) < 4.78 is 27.4. The number of thiazole rings is 1. The van der Waals surface area contributed by atoms with Gasteiger partial charge in [-0.15, -0.1) is 11.8 Å². The number of nitrogens with zero attached hydrogens (tertiary/aromatic N) is 1. The molecule has 154 valence electrons. The fourth-order valence-electron chi connectivity index (χ4n) is 2.67. The maximum atomic E-state index is 12.6. The van der Waals surface area contributed by atoms with Crippen molar-refractivity contribution in [2.45, 2.75) is 21.3 Å². The van der Waals surface area contributed by atoms with Crippen LogP contribution in [0.25, 0.3) is 0 Å². The van der Waals surface area contributed by atoms with Gasteiger partial charge in [0.25, 0.3) is 15.9 Å². The van der Waals surface area contributed by atoms with Crippen LogP contribution >= 0.6 is 23.1 Å². The Hall–Kier alpha value is -2.89. The van der Waals surface area contributed by atoms with E-state index in [4.69, 9.17) is 0 Å². The third-order valence-electron chi connectivity index (χ3n) is 4.17. The van der Waals surface area contributed by atoms with Crippen molar-refractivity contribution < 1.29 is 18.0 Å². The predicted octanol–water partition coefficient (Wildman–Crippen LogP) is 3.63. The van der Waals surface area contributed by atoms with E-state index in [1.165, 1.54) is 18.0 Å². The first-order valence-electron chi connectivity index (χ1n) is 8.78. The molecule has 0 bridgehead atoms. The summed E-state index contributed by atoms with van der Waals surface area (Å²) in [5.41, 5.74) is 1.33. The van der Waals surface area contributed by atoms with Gasteiger partial charge in [-0.05, 0) is 37.3 Å². The van der Waals surface area contributed by atoms with E-state index in [1.54, 1.807) is 48.5 Å². The zero-order chi connectivity index (χ0) is 21.3. The molecule has 0 spiro atoms. The summed E-state index contributed by atoms with van der Waals surface area (Å²) in [6.07, 6.45) is 1.19.